The number of benzene rings is 1. The average molecular weight is 188 g/mol. The molecular weight excluding hydrogens is 176 g/mol. The van der Waals surface area contributed by atoms with Gasteiger partial charge in [-0.1, -0.05) is 25.1 Å². The van der Waals surface area contributed by atoms with Crippen molar-refractivity contribution >= 4 is 0 Å². The first-order valence-electron chi connectivity index (χ1n) is 4.67. The van der Waals surface area contributed by atoms with Crippen molar-refractivity contribution < 1.29 is 0 Å². The van der Waals surface area contributed by atoms with Gasteiger partial charge in [0, 0.05) is 11.8 Å². The van der Waals surface area contributed by atoms with E-state index >= 15 is 0 Å². The highest BCUT2D eigenvalue weighted by atomic mass is 16.1. The molecule has 2 rings (SSSR count). The second kappa shape index (κ2) is 3.54. The number of para-hydroxylation sites is 1. The summed E-state index contributed by atoms with van der Waals surface area (Å²) in [7, 11) is 0. The smallest absolute Gasteiger partial charge is 0.264 e. The molecule has 0 radical (unpaired) electrons. The Morgan fingerprint density at radius 2 is 2.00 bits per heavy atom. The summed E-state index contributed by atoms with van der Waals surface area (Å²) in [5.41, 5.74) is 1.94. The molecule has 1 N–H and O–H groups in total. The van der Waals surface area contributed by atoms with E-state index in [0.717, 1.165) is 17.8 Å². The van der Waals surface area contributed by atoms with E-state index < -0.39 is 0 Å². The fourth-order valence-electron chi connectivity index (χ4n) is 1.50. The number of H-pyrrole nitrogens is 1. The van der Waals surface area contributed by atoms with Gasteiger partial charge in [-0.2, -0.15) is 0 Å². The molecule has 1 aromatic heterocycles. The zero-order valence-electron chi connectivity index (χ0n) is 8.03. The average Bonchev–Trinajstić information content (AvgIpc) is 2.61. The van der Waals surface area contributed by atoms with E-state index in [1.165, 1.54) is 0 Å². The Hall–Kier alpha value is -1.77. The number of aromatic amines is 1. The fraction of sp³-hybridized carbons (Fsp3) is 0.182. The SMILES string of the molecule is CCc1cc(=O)[nH]n1-c1ccccc1. The van der Waals surface area contributed by atoms with Crippen LogP contribution in [0.25, 0.3) is 5.69 Å². The highest BCUT2D eigenvalue weighted by Gasteiger charge is 2.02. The summed E-state index contributed by atoms with van der Waals surface area (Å²) in [4.78, 5) is 11.2. The normalized spacial score (nSPS) is 10.4. The van der Waals surface area contributed by atoms with Gasteiger partial charge in [-0.25, -0.2) is 0 Å². The fourth-order valence-corrected chi connectivity index (χ4v) is 1.50. The molecule has 3 nitrogen and oxygen atoms in total. The predicted molar refractivity (Wildman–Crippen MR) is 55.8 cm³/mol. The van der Waals surface area contributed by atoms with Crippen LogP contribution in [0, 0.1) is 0 Å². The van der Waals surface area contributed by atoms with Gasteiger partial charge < -0.3 is 0 Å². The van der Waals surface area contributed by atoms with Crippen LogP contribution in [0.3, 0.4) is 0 Å². The summed E-state index contributed by atoms with van der Waals surface area (Å²) >= 11 is 0. The molecule has 2 aromatic rings. The second-order valence-electron chi connectivity index (χ2n) is 3.14. The van der Waals surface area contributed by atoms with Crippen molar-refractivity contribution in [3.63, 3.8) is 0 Å². The second-order valence-corrected chi connectivity index (χ2v) is 3.14. The third-order valence-corrected chi connectivity index (χ3v) is 2.18. The van der Waals surface area contributed by atoms with Gasteiger partial charge in [0.1, 0.15) is 0 Å². The molecule has 3 heteroatoms. The number of hydrogen-bond donors (Lipinski definition) is 1. The van der Waals surface area contributed by atoms with E-state index in [0.29, 0.717) is 0 Å². The molecule has 1 aromatic carbocycles. The van der Waals surface area contributed by atoms with E-state index in [9.17, 15) is 4.79 Å². The third kappa shape index (κ3) is 1.48. The molecule has 0 unspecified atom stereocenters. The van der Waals surface area contributed by atoms with Crippen LogP contribution >= 0.6 is 0 Å². The van der Waals surface area contributed by atoms with Crippen LogP contribution in [0.5, 0.6) is 0 Å². The Labute approximate surface area is 82.0 Å². The molecule has 0 atom stereocenters. The molecule has 1 heterocycles. The van der Waals surface area contributed by atoms with E-state index in [2.05, 4.69) is 5.10 Å². The third-order valence-electron chi connectivity index (χ3n) is 2.18. The molecule has 0 aliphatic rings. The first-order valence-corrected chi connectivity index (χ1v) is 4.67. The summed E-state index contributed by atoms with van der Waals surface area (Å²) in [6, 6.07) is 11.4. The molecule has 14 heavy (non-hydrogen) atoms. The monoisotopic (exact) mass is 188 g/mol. The van der Waals surface area contributed by atoms with Gasteiger partial charge in [0.2, 0.25) is 0 Å². The van der Waals surface area contributed by atoms with Crippen LogP contribution < -0.4 is 5.56 Å². The van der Waals surface area contributed by atoms with Gasteiger partial charge in [0.05, 0.1) is 5.69 Å². The van der Waals surface area contributed by atoms with Gasteiger partial charge in [-0.3, -0.25) is 14.6 Å². The number of hydrogen-bond acceptors (Lipinski definition) is 1. The lowest BCUT2D eigenvalue weighted by molar-refractivity contribution is 0.805. The molecule has 0 aliphatic carbocycles. The quantitative estimate of drug-likeness (QED) is 0.765. The highest BCUT2D eigenvalue weighted by Crippen LogP contribution is 2.07. The Balaban J connectivity index is 2.56. The Kier molecular flexibility index (Phi) is 2.23. The van der Waals surface area contributed by atoms with Crippen molar-refractivity contribution in [3.8, 4) is 5.69 Å². The summed E-state index contributed by atoms with van der Waals surface area (Å²) in [5.74, 6) is 0. The largest absolute Gasteiger partial charge is 0.268 e. The van der Waals surface area contributed by atoms with E-state index in [1.54, 1.807) is 6.07 Å². The lowest BCUT2D eigenvalue weighted by Crippen LogP contribution is -2.04. The van der Waals surface area contributed by atoms with Crippen LogP contribution in [0.1, 0.15) is 12.6 Å². The van der Waals surface area contributed by atoms with Gasteiger partial charge >= 0.3 is 0 Å². The lowest BCUT2D eigenvalue weighted by Gasteiger charge is -2.05. The van der Waals surface area contributed by atoms with Crippen molar-refractivity contribution in [1.29, 1.82) is 0 Å². The number of rotatable bonds is 2. The van der Waals surface area contributed by atoms with E-state index in [1.807, 2.05) is 41.9 Å². The lowest BCUT2D eigenvalue weighted by atomic mass is 10.3. The minimum Gasteiger partial charge on any atom is -0.268 e. The van der Waals surface area contributed by atoms with Crippen LogP contribution in [-0.4, -0.2) is 9.78 Å². The zero-order valence-corrected chi connectivity index (χ0v) is 8.03. The molecule has 0 saturated heterocycles. The van der Waals surface area contributed by atoms with Gasteiger partial charge in [0.25, 0.3) is 5.56 Å². The number of aromatic nitrogens is 2. The number of aryl methyl sites for hydroxylation is 1. The minimum absolute atomic E-state index is 0.0503. The molecular formula is C11H12N2O. The molecule has 0 saturated carbocycles. The Morgan fingerprint density at radius 1 is 1.29 bits per heavy atom. The van der Waals surface area contributed by atoms with Gasteiger partial charge in [-0.05, 0) is 18.6 Å². The summed E-state index contributed by atoms with van der Waals surface area (Å²) in [6.07, 6.45) is 0.841. The predicted octanol–water partition coefficient (Wildman–Crippen LogP) is 1.73. The van der Waals surface area contributed by atoms with Crippen LogP contribution in [0.15, 0.2) is 41.2 Å². The molecule has 0 fully saturated rings. The minimum atomic E-state index is -0.0503. The summed E-state index contributed by atoms with van der Waals surface area (Å²) in [6.45, 7) is 2.03. The van der Waals surface area contributed by atoms with Crippen LogP contribution in [-0.2, 0) is 6.42 Å². The Bertz CT molecular complexity index is 468. The number of nitrogens with one attached hydrogen (secondary N) is 1. The van der Waals surface area contributed by atoms with Crippen molar-refractivity contribution in [1.82, 2.24) is 9.78 Å². The molecule has 0 aliphatic heterocycles. The molecule has 0 amide bonds. The maximum absolute atomic E-state index is 11.2. The van der Waals surface area contributed by atoms with Crippen LogP contribution in [0.2, 0.25) is 0 Å². The highest BCUT2D eigenvalue weighted by molar-refractivity contribution is 5.32. The maximum Gasteiger partial charge on any atom is 0.264 e. The molecule has 0 spiro atoms. The van der Waals surface area contributed by atoms with Crippen molar-refractivity contribution in [2.24, 2.45) is 0 Å². The first kappa shape index (κ1) is 8.81. The number of nitrogens with zero attached hydrogens (tertiary/aromatic N) is 1. The van der Waals surface area contributed by atoms with Gasteiger partial charge in [-0.15, -0.1) is 0 Å². The molecule has 0 bridgehead atoms. The van der Waals surface area contributed by atoms with E-state index in [4.69, 9.17) is 0 Å². The molecule has 72 valence electrons. The standard InChI is InChI=1S/C11H12N2O/c1-2-9-8-11(14)12-13(9)10-6-4-3-5-7-10/h3-8H,2H2,1H3,(H,12,14). The summed E-state index contributed by atoms with van der Waals surface area (Å²) < 4.78 is 1.82. The van der Waals surface area contributed by atoms with Crippen molar-refractivity contribution in [2.75, 3.05) is 0 Å². The summed E-state index contributed by atoms with van der Waals surface area (Å²) in [5, 5.41) is 2.77. The van der Waals surface area contributed by atoms with E-state index in [-0.39, 0.29) is 5.56 Å². The van der Waals surface area contributed by atoms with Crippen molar-refractivity contribution in [2.45, 2.75) is 13.3 Å². The van der Waals surface area contributed by atoms with Gasteiger partial charge in [0.15, 0.2) is 0 Å². The van der Waals surface area contributed by atoms with Crippen LogP contribution in [0.4, 0.5) is 0 Å². The maximum atomic E-state index is 11.2. The topological polar surface area (TPSA) is 37.8 Å². The Morgan fingerprint density at radius 3 is 2.64 bits per heavy atom. The van der Waals surface area contributed by atoms with Crippen molar-refractivity contribution in [3.05, 3.63) is 52.4 Å². The first-order chi connectivity index (χ1) is 6.81. The zero-order chi connectivity index (χ0) is 9.97.